The first-order valence-corrected chi connectivity index (χ1v) is 7.91. The summed E-state index contributed by atoms with van der Waals surface area (Å²) in [6, 6.07) is 5.93. The Morgan fingerprint density at radius 3 is 2.60 bits per heavy atom. The quantitative estimate of drug-likeness (QED) is 0.846. The van der Waals surface area contributed by atoms with Crippen molar-refractivity contribution >= 4 is 11.7 Å². The molecule has 2 aromatic rings. The van der Waals surface area contributed by atoms with Crippen LogP contribution in [0.15, 0.2) is 48.1 Å². The average Bonchev–Trinajstić information content (AvgIpc) is 3.15. The first kappa shape index (κ1) is 16.9. The highest BCUT2D eigenvalue weighted by molar-refractivity contribution is 6.14. The maximum absolute atomic E-state index is 12.9. The van der Waals surface area contributed by atoms with Crippen LogP contribution < -0.4 is 0 Å². The Labute approximate surface area is 144 Å². The summed E-state index contributed by atoms with van der Waals surface area (Å²) in [5, 5.41) is 9.97. The molecule has 1 aromatic carbocycles. The maximum atomic E-state index is 12.9. The number of hydrogen-bond acceptors (Lipinski definition) is 4. The Balaban J connectivity index is 1.77. The second-order valence-electron chi connectivity index (χ2n) is 6.24. The summed E-state index contributed by atoms with van der Waals surface area (Å²) in [4.78, 5) is 30.0. The number of aliphatic hydroxyl groups is 1. The van der Waals surface area contributed by atoms with Gasteiger partial charge in [0, 0.05) is 18.8 Å². The fourth-order valence-electron chi connectivity index (χ4n) is 2.70. The van der Waals surface area contributed by atoms with Crippen molar-refractivity contribution in [2.75, 3.05) is 6.54 Å². The molecule has 1 aromatic heterocycles. The van der Waals surface area contributed by atoms with Crippen molar-refractivity contribution in [3.63, 3.8) is 0 Å². The summed E-state index contributed by atoms with van der Waals surface area (Å²) < 4.78 is 14.6. The summed E-state index contributed by atoms with van der Waals surface area (Å²) >= 11 is 0. The number of carbonyl (C=O) groups is 2. The van der Waals surface area contributed by atoms with Crippen LogP contribution in [-0.2, 0) is 11.3 Å². The number of aliphatic hydroxyl groups excluding tert-OH is 1. The SMILES string of the molecule is CC(C)N1CC(C(=O)c2cn(Cc3ccc(F)cc3)cn2)=C(O)C1=O. The predicted octanol–water partition coefficient (Wildman–Crippen LogP) is 2.32. The van der Waals surface area contributed by atoms with Gasteiger partial charge in [-0.15, -0.1) is 0 Å². The third-order valence-corrected chi connectivity index (χ3v) is 4.12. The van der Waals surface area contributed by atoms with Crippen molar-refractivity contribution in [2.24, 2.45) is 0 Å². The largest absolute Gasteiger partial charge is 0.503 e. The first-order chi connectivity index (χ1) is 11.9. The molecule has 2 heterocycles. The Hall–Kier alpha value is -2.96. The highest BCUT2D eigenvalue weighted by atomic mass is 19.1. The van der Waals surface area contributed by atoms with Gasteiger partial charge in [-0.25, -0.2) is 9.37 Å². The van der Waals surface area contributed by atoms with E-state index in [0.717, 1.165) is 5.56 Å². The van der Waals surface area contributed by atoms with E-state index in [4.69, 9.17) is 0 Å². The summed E-state index contributed by atoms with van der Waals surface area (Å²) in [6.07, 6.45) is 3.04. The van der Waals surface area contributed by atoms with Crippen LogP contribution in [0.2, 0.25) is 0 Å². The van der Waals surface area contributed by atoms with Gasteiger partial charge < -0.3 is 14.6 Å². The molecule has 1 aliphatic heterocycles. The van der Waals surface area contributed by atoms with Gasteiger partial charge in [0.25, 0.3) is 5.91 Å². The smallest absolute Gasteiger partial charge is 0.289 e. The number of aromatic nitrogens is 2. The van der Waals surface area contributed by atoms with Gasteiger partial charge in [-0.1, -0.05) is 12.1 Å². The van der Waals surface area contributed by atoms with Gasteiger partial charge in [-0.05, 0) is 31.5 Å². The molecule has 0 fully saturated rings. The van der Waals surface area contributed by atoms with E-state index in [1.165, 1.54) is 23.4 Å². The second-order valence-corrected chi connectivity index (χ2v) is 6.24. The van der Waals surface area contributed by atoms with Crippen LogP contribution in [0.25, 0.3) is 0 Å². The lowest BCUT2D eigenvalue weighted by atomic mass is 10.1. The van der Waals surface area contributed by atoms with Gasteiger partial charge in [0.1, 0.15) is 11.5 Å². The number of amides is 1. The summed E-state index contributed by atoms with van der Waals surface area (Å²) in [6.45, 7) is 4.14. The maximum Gasteiger partial charge on any atom is 0.289 e. The number of ketones is 1. The van der Waals surface area contributed by atoms with E-state index in [1.807, 2.05) is 13.8 Å². The first-order valence-electron chi connectivity index (χ1n) is 7.91. The van der Waals surface area contributed by atoms with Crippen molar-refractivity contribution < 1.29 is 19.1 Å². The predicted molar refractivity (Wildman–Crippen MR) is 88.6 cm³/mol. The van der Waals surface area contributed by atoms with Gasteiger partial charge >= 0.3 is 0 Å². The highest BCUT2D eigenvalue weighted by Crippen LogP contribution is 2.22. The lowest BCUT2D eigenvalue weighted by Crippen LogP contribution is -2.34. The molecule has 6 nitrogen and oxygen atoms in total. The minimum absolute atomic E-state index is 0.0609. The molecule has 1 aliphatic rings. The van der Waals surface area contributed by atoms with Crippen molar-refractivity contribution in [1.82, 2.24) is 14.5 Å². The number of Topliss-reactive ketones (excluding diaryl/α,β-unsaturated/α-hetero) is 1. The topological polar surface area (TPSA) is 75.4 Å². The fraction of sp³-hybridized carbons (Fsp3) is 0.278. The molecule has 0 aliphatic carbocycles. The van der Waals surface area contributed by atoms with E-state index in [9.17, 15) is 19.1 Å². The molecule has 1 N–H and O–H groups in total. The van der Waals surface area contributed by atoms with Crippen LogP contribution in [0.4, 0.5) is 4.39 Å². The zero-order chi connectivity index (χ0) is 18.1. The molecule has 3 rings (SSSR count). The number of hydrogen-bond donors (Lipinski definition) is 1. The van der Waals surface area contributed by atoms with E-state index < -0.39 is 17.4 Å². The number of carbonyl (C=O) groups excluding carboxylic acids is 2. The molecule has 7 heteroatoms. The zero-order valence-electron chi connectivity index (χ0n) is 13.9. The van der Waals surface area contributed by atoms with Gasteiger partial charge in [-0.3, -0.25) is 9.59 Å². The van der Waals surface area contributed by atoms with E-state index in [1.54, 1.807) is 22.9 Å². The number of halogens is 1. The molecule has 25 heavy (non-hydrogen) atoms. The van der Waals surface area contributed by atoms with E-state index in [2.05, 4.69) is 4.98 Å². The van der Waals surface area contributed by atoms with Gasteiger partial charge in [0.15, 0.2) is 5.76 Å². The normalized spacial score (nSPS) is 14.7. The van der Waals surface area contributed by atoms with Gasteiger partial charge in [0.2, 0.25) is 5.78 Å². The summed E-state index contributed by atoms with van der Waals surface area (Å²) in [5.74, 6) is -1.82. The van der Waals surface area contributed by atoms with E-state index >= 15 is 0 Å². The Morgan fingerprint density at radius 2 is 2.00 bits per heavy atom. The van der Waals surface area contributed by atoms with E-state index in [-0.39, 0.29) is 29.7 Å². The van der Waals surface area contributed by atoms with E-state index in [0.29, 0.717) is 6.54 Å². The number of rotatable bonds is 5. The van der Waals surface area contributed by atoms with Crippen LogP contribution in [0.3, 0.4) is 0 Å². The lowest BCUT2D eigenvalue weighted by molar-refractivity contribution is -0.129. The molecule has 1 amide bonds. The third-order valence-electron chi connectivity index (χ3n) is 4.12. The minimum Gasteiger partial charge on any atom is -0.503 e. The van der Waals surface area contributed by atoms with Crippen LogP contribution in [-0.4, -0.2) is 43.8 Å². The van der Waals surface area contributed by atoms with Crippen molar-refractivity contribution in [3.8, 4) is 0 Å². The van der Waals surface area contributed by atoms with Gasteiger partial charge in [0.05, 0.1) is 18.4 Å². The monoisotopic (exact) mass is 343 g/mol. The molecule has 0 spiro atoms. The third kappa shape index (κ3) is 3.31. The lowest BCUT2D eigenvalue weighted by Gasteiger charge is -2.20. The second kappa shape index (κ2) is 6.51. The number of nitrogens with zero attached hydrogens (tertiary/aromatic N) is 3. The molecule has 0 saturated carbocycles. The summed E-state index contributed by atoms with van der Waals surface area (Å²) in [5.41, 5.74) is 1.08. The average molecular weight is 343 g/mol. The van der Waals surface area contributed by atoms with Crippen LogP contribution in [0.5, 0.6) is 0 Å². The number of imidazole rings is 1. The highest BCUT2D eigenvalue weighted by Gasteiger charge is 2.36. The molecule has 0 saturated heterocycles. The molecular weight excluding hydrogens is 325 g/mol. The zero-order valence-corrected chi connectivity index (χ0v) is 13.9. The minimum atomic E-state index is -0.538. The van der Waals surface area contributed by atoms with Crippen LogP contribution >= 0.6 is 0 Å². The van der Waals surface area contributed by atoms with Gasteiger partial charge in [-0.2, -0.15) is 0 Å². The Kier molecular flexibility index (Phi) is 4.39. The molecule has 130 valence electrons. The van der Waals surface area contributed by atoms with Crippen molar-refractivity contribution in [3.05, 3.63) is 65.2 Å². The Bertz CT molecular complexity index is 853. The summed E-state index contributed by atoms with van der Waals surface area (Å²) in [7, 11) is 0. The van der Waals surface area contributed by atoms with Crippen LogP contribution in [0, 0.1) is 5.82 Å². The Morgan fingerprint density at radius 1 is 1.32 bits per heavy atom. The van der Waals surface area contributed by atoms with Crippen molar-refractivity contribution in [2.45, 2.75) is 26.4 Å². The molecular formula is C18H18FN3O3. The standard InChI is InChI=1S/C18H18FN3O3/c1-11(2)22-8-14(17(24)18(22)25)16(23)15-9-21(10-20-15)7-12-3-5-13(19)6-4-12/h3-6,9-11,24H,7-8H2,1-2H3. The van der Waals surface area contributed by atoms with Crippen LogP contribution in [0.1, 0.15) is 29.9 Å². The molecule has 0 radical (unpaired) electrons. The van der Waals surface area contributed by atoms with Crippen molar-refractivity contribution in [1.29, 1.82) is 0 Å². The fourth-order valence-corrected chi connectivity index (χ4v) is 2.70. The molecule has 0 bridgehead atoms. The number of benzene rings is 1. The molecule has 0 unspecified atom stereocenters. The molecule has 0 atom stereocenters.